The molecule has 0 saturated heterocycles. The largest absolute Gasteiger partial charge is 0.103 e. The van der Waals surface area contributed by atoms with Crippen molar-refractivity contribution in [3.8, 4) is 0 Å². The fourth-order valence-electron chi connectivity index (χ4n) is 3.32. The average Bonchev–Trinajstić information content (AvgIpc) is 3.09. The Balaban J connectivity index is -0.000000358. The normalized spacial score (nSPS) is 13.6. The van der Waals surface area contributed by atoms with Crippen LogP contribution in [0.3, 0.4) is 0 Å². The lowest BCUT2D eigenvalue weighted by atomic mass is 9.99. The Morgan fingerprint density at radius 1 is 0.923 bits per heavy atom. The lowest BCUT2D eigenvalue weighted by molar-refractivity contribution is 0.462. The molecule has 158 valence electrons. The number of allylic oxidation sites excluding steroid dienone is 3. The van der Waals surface area contributed by atoms with Crippen LogP contribution >= 0.6 is 0 Å². The molecule has 0 radical (unpaired) electrons. The third-order valence-corrected chi connectivity index (χ3v) is 4.83. The van der Waals surface area contributed by atoms with Gasteiger partial charge in [0.2, 0.25) is 0 Å². The lowest BCUT2D eigenvalue weighted by Gasteiger charge is -2.07. The molecule has 0 bridgehead atoms. The molecule has 0 aliphatic heterocycles. The summed E-state index contributed by atoms with van der Waals surface area (Å²) in [5.41, 5.74) is 0. The molecule has 0 unspecified atom stereocenters. The monoisotopic (exact) mass is 366 g/mol. The molecule has 0 N–H and O–H groups in total. The summed E-state index contributed by atoms with van der Waals surface area (Å²) in [4.78, 5) is 0. The SMILES string of the molecule is C.C/C=C\CCCC(C)C.C=CC.CCCCCCCCC1CCCC1. The highest BCUT2D eigenvalue weighted by molar-refractivity contribution is 4.76. The molecule has 0 heteroatoms. The smallest absolute Gasteiger partial charge is 0.0351 e. The fraction of sp³-hybridized carbons (Fsp3) is 0.846. The molecule has 1 aliphatic rings. The van der Waals surface area contributed by atoms with Gasteiger partial charge in [0.25, 0.3) is 0 Å². The van der Waals surface area contributed by atoms with Crippen molar-refractivity contribution in [2.45, 2.75) is 132 Å². The first-order chi connectivity index (χ1) is 12.1. The average molecular weight is 367 g/mol. The lowest BCUT2D eigenvalue weighted by Crippen LogP contribution is -1.92. The summed E-state index contributed by atoms with van der Waals surface area (Å²) in [6.45, 7) is 14.2. The molecule has 1 aliphatic carbocycles. The van der Waals surface area contributed by atoms with Gasteiger partial charge in [0.1, 0.15) is 0 Å². The molecule has 1 fully saturated rings. The van der Waals surface area contributed by atoms with Crippen LogP contribution in [0, 0.1) is 11.8 Å². The highest BCUT2D eigenvalue weighted by Crippen LogP contribution is 2.29. The van der Waals surface area contributed by atoms with Gasteiger partial charge >= 0.3 is 0 Å². The van der Waals surface area contributed by atoms with Gasteiger partial charge in [0.05, 0.1) is 0 Å². The van der Waals surface area contributed by atoms with Crippen molar-refractivity contribution in [3.05, 3.63) is 24.8 Å². The van der Waals surface area contributed by atoms with Crippen LogP contribution < -0.4 is 0 Å². The molecule has 0 heterocycles. The maximum absolute atomic E-state index is 3.36. The van der Waals surface area contributed by atoms with E-state index in [0.717, 1.165) is 11.8 Å². The van der Waals surface area contributed by atoms with Crippen LogP contribution in [0.25, 0.3) is 0 Å². The zero-order chi connectivity index (χ0) is 19.2. The van der Waals surface area contributed by atoms with E-state index in [1.165, 1.54) is 89.9 Å². The Morgan fingerprint density at radius 3 is 1.96 bits per heavy atom. The molecule has 0 atom stereocenters. The van der Waals surface area contributed by atoms with E-state index in [1.54, 1.807) is 6.08 Å². The molecule has 1 rings (SSSR count). The second-order valence-electron chi connectivity index (χ2n) is 8.01. The Hall–Kier alpha value is -0.520. The first-order valence-electron chi connectivity index (χ1n) is 11.3. The molecule has 0 aromatic carbocycles. The van der Waals surface area contributed by atoms with Crippen LogP contribution in [0.15, 0.2) is 24.8 Å². The molecule has 26 heavy (non-hydrogen) atoms. The maximum atomic E-state index is 3.36. The van der Waals surface area contributed by atoms with Crippen molar-refractivity contribution in [2.75, 3.05) is 0 Å². The first-order valence-corrected chi connectivity index (χ1v) is 11.3. The number of unbranched alkanes of at least 4 members (excludes halogenated alkanes) is 6. The van der Waals surface area contributed by atoms with E-state index in [0.29, 0.717) is 0 Å². The molecule has 1 saturated carbocycles. The van der Waals surface area contributed by atoms with Crippen LogP contribution in [0.2, 0.25) is 0 Å². The van der Waals surface area contributed by atoms with Gasteiger partial charge in [-0.2, -0.15) is 0 Å². The van der Waals surface area contributed by atoms with E-state index in [4.69, 9.17) is 0 Å². The van der Waals surface area contributed by atoms with Crippen LogP contribution in [-0.4, -0.2) is 0 Å². The van der Waals surface area contributed by atoms with E-state index < -0.39 is 0 Å². The molecule has 0 spiro atoms. The van der Waals surface area contributed by atoms with Gasteiger partial charge in [-0.15, -0.1) is 6.58 Å². The highest BCUT2D eigenvalue weighted by Gasteiger charge is 2.13. The van der Waals surface area contributed by atoms with Crippen LogP contribution in [0.4, 0.5) is 0 Å². The summed E-state index contributed by atoms with van der Waals surface area (Å²) in [7, 11) is 0. The number of hydrogen-bond acceptors (Lipinski definition) is 0. The van der Waals surface area contributed by atoms with Gasteiger partial charge in [-0.1, -0.05) is 123 Å². The minimum Gasteiger partial charge on any atom is -0.103 e. The minimum atomic E-state index is 0. The van der Waals surface area contributed by atoms with Crippen LogP contribution in [0.1, 0.15) is 132 Å². The van der Waals surface area contributed by atoms with Crippen LogP contribution in [0.5, 0.6) is 0 Å². The first kappa shape index (κ1) is 30.2. The molecular weight excluding hydrogens is 312 g/mol. The van der Waals surface area contributed by atoms with Gasteiger partial charge in [0.15, 0.2) is 0 Å². The Morgan fingerprint density at radius 2 is 1.46 bits per heavy atom. The van der Waals surface area contributed by atoms with Gasteiger partial charge < -0.3 is 0 Å². The predicted molar refractivity (Wildman–Crippen MR) is 126 cm³/mol. The van der Waals surface area contributed by atoms with Gasteiger partial charge in [-0.25, -0.2) is 0 Å². The molecule has 0 nitrogen and oxygen atoms in total. The van der Waals surface area contributed by atoms with Crippen molar-refractivity contribution >= 4 is 0 Å². The fourth-order valence-corrected chi connectivity index (χ4v) is 3.32. The van der Waals surface area contributed by atoms with Crippen molar-refractivity contribution < 1.29 is 0 Å². The zero-order valence-corrected chi connectivity index (χ0v) is 18.5. The Bertz CT molecular complexity index is 255. The quantitative estimate of drug-likeness (QED) is 0.252. The summed E-state index contributed by atoms with van der Waals surface area (Å²) in [6.07, 6.45) is 26.5. The van der Waals surface area contributed by atoms with Gasteiger partial charge in [-0.05, 0) is 38.5 Å². The van der Waals surface area contributed by atoms with Crippen molar-refractivity contribution in [1.82, 2.24) is 0 Å². The Kier molecular flexibility index (Phi) is 31.0. The van der Waals surface area contributed by atoms with E-state index in [-0.39, 0.29) is 7.43 Å². The highest BCUT2D eigenvalue weighted by atomic mass is 14.2. The summed E-state index contributed by atoms with van der Waals surface area (Å²) in [6, 6.07) is 0. The van der Waals surface area contributed by atoms with E-state index >= 15 is 0 Å². The number of hydrogen-bond donors (Lipinski definition) is 0. The maximum Gasteiger partial charge on any atom is -0.0351 e. The Labute approximate surface area is 168 Å². The van der Waals surface area contributed by atoms with Gasteiger partial charge in [-0.3, -0.25) is 0 Å². The summed E-state index contributed by atoms with van der Waals surface area (Å²) in [5, 5.41) is 0. The zero-order valence-electron chi connectivity index (χ0n) is 18.5. The second-order valence-corrected chi connectivity index (χ2v) is 8.01. The standard InChI is InChI=1S/C13H26.C9H18.C3H6.CH4/c1-2-3-4-5-6-7-10-13-11-8-9-12-13;1-4-5-6-7-8-9(2)3;1-3-2;/h13H,2-12H2,1H3;4-5,9H,6-8H2,1-3H3;3H,1H2,2H3;1H4/b;5-4-;;. The summed E-state index contributed by atoms with van der Waals surface area (Å²) >= 11 is 0. The summed E-state index contributed by atoms with van der Waals surface area (Å²) in [5.74, 6) is 1.99. The predicted octanol–water partition coefficient (Wildman–Crippen LogP) is 10.1. The molecule has 0 aromatic heterocycles. The van der Waals surface area contributed by atoms with Gasteiger partial charge in [0, 0.05) is 0 Å². The number of rotatable bonds is 11. The van der Waals surface area contributed by atoms with E-state index in [9.17, 15) is 0 Å². The third-order valence-electron chi connectivity index (χ3n) is 4.83. The van der Waals surface area contributed by atoms with Crippen LogP contribution in [-0.2, 0) is 0 Å². The summed E-state index contributed by atoms with van der Waals surface area (Å²) < 4.78 is 0. The van der Waals surface area contributed by atoms with Crippen molar-refractivity contribution in [1.29, 1.82) is 0 Å². The minimum absolute atomic E-state index is 0. The van der Waals surface area contributed by atoms with E-state index in [2.05, 4.69) is 46.4 Å². The second kappa shape index (κ2) is 26.7. The molecule has 0 aromatic rings. The van der Waals surface area contributed by atoms with E-state index in [1.807, 2.05) is 6.92 Å². The van der Waals surface area contributed by atoms with Crippen molar-refractivity contribution in [2.24, 2.45) is 11.8 Å². The topological polar surface area (TPSA) is 0 Å². The van der Waals surface area contributed by atoms with Crippen molar-refractivity contribution in [3.63, 3.8) is 0 Å². The third kappa shape index (κ3) is 28.3. The molecular formula is C26H54. The molecule has 0 amide bonds.